The van der Waals surface area contributed by atoms with Gasteiger partial charge in [-0.15, -0.1) is 0 Å². The number of aromatic hydroxyl groups is 1. The summed E-state index contributed by atoms with van der Waals surface area (Å²) in [7, 11) is 1.54. The van der Waals surface area contributed by atoms with Crippen LogP contribution in [0.3, 0.4) is 0 Å². The van der Waals surface area contributed by atoms with Crippen LogP contribution in [-0.2, 0) is 13.1 Å². The zero-order chi connectivity index (χ0) is 20.4. The van der Waals surface area contributed by atoms with Crippen molar-refractivity contribution >= 4 is 5.69 Å². The quantitative estimate of drug-likeness (QED) is 0.521. The van der Waals surface area contributed by atoms with E-state index in [4.69, 9.17) is 4.74 Å². The maximum absolute atomic E-state index is 11.1. The van der Waals surface area contributed by atoms with Crippen molar-refractivity contribution in [2.24, 2.45) is 0 Å². The second-order valence-corrected chi connectivity index (χ2v) is 7.17. The first-order chi connectivity index (χ1) is 14.1. The molecule has 0 radical (unpaired) electrons. The Balaban J connectivity index is 1.74. The standard InChI is InChI=1S/C22H23N3O4/c1-29-20-7-2-5-17(22(20)26)15-24-14-4-13-23-12-3-6-19(23)21(24)16-8-10-18(11-9-16)25(27)28/h2-3,5-12,21,26H,4,13-15H2,1H3/t21-/m0/s1. The Labute approximate surface area is 168 Å². The van der Waals surface area contributed by atoms with Crippen molar-refractivity contribution < 1.29 is 14.8 Å². The fourth-order valence-corrected chi connectivity index (χ4v) is 4.05. The molecule has 2 heterocycles. The van der Waals surface area contributed by atoms with E-state index in [2.05, 4.69) is 21.7 Å². The molecule has 1 atom stereocenters. The number of non-ortho nitro benzene ring substituents is 1. The number of aryl methyl sites for hydroxylation is 1. The molecule has 1 N–H and O–H groups in total. The highest BCUT2D eigenvalue weighted by Crippen LogP contribution is 2.36. The zero-order valence-electron chi connectivity index (χ0n) is 16.2. The first-order valence-electron chi connectivity index (χ1n) is 9.57. The smallest absolute Gasteiger partial charge is 0.269 e. The van der Waals surface area contributed by atoms with Crippen molar-refractivity contribution in [3.8, 4) is 11.5 Å². The van der Waals surface area contributed by atoms with E-state index in [-0.39, 0.29) is 22.4 Å². The molecule has 0 saturated heterocycles. The number of methoxy groups -OCH3 is 1. The number of nitro benzene ring substituents is 1. The Bertz CT molecular complexity index is 1010. The minimum absolute atomic E-state index is 0.0705. The van der Waals surface area contributed by atoms with Crippen LogP contribution in [-0.4, -0.2) is 33.2 Å². The van der Waals surface area contributed by atoms with Gasteiger partial charge in [-0.3, -0.25) is 15.0 Å². The van der Waals surface area contributed by atoms with E-state index in [0.717, 1.165) is 36.3 Å². The zero-order valence-corrected chi connectivity index (χ0v) is 16.2. The SMILES string of the molecule is COc1cccc(CN2CCCn3cccc3[C@@H]2c2ccc([N+](=O)[O-])cc2)c1O. The van der Waals surface area contributed by atoms with Crippen molar-refractivity contribution in [2.45, 2.75) is 25.6 Å². The molecule has 1 aliphatic rings. The Morgan fingerprint density at radius 1 is 1.14 bits per heavy atom. The van der Waals surface area contributed by atoms with E-state index in [1.165, 1.54) is 7.11 Å². The molecule has 4 rings (SSSR count). The first-order valence-corrected chi connectivity index (χ1v) is 9.57. The molecule has 1 aromatic heterocycles. The van der Waals surface area contributed by atoms with E-state index >= 15 is 0 Å². The first kappa shape index (κ1) is 19.0. The predicted octanol–water partition coefficient (Wildman–Crippen LogP) is 4.11. The van der Waals surface area contributed by atoms with Crippen LogP contribution in [0.25, 0.3) is 0 Å². The van der Waals surface area contributed by atoms with E-state index in [9.17, 15) is 15.2 Å². The predicted molar refractivity (Wildman–Crippen MR) is 109 cm³/mol. The Hall–Kier alpha value is -3.32. The summed E-state index contributed by atoms with van der Waals surface area (Å²) in [5.74, 6) is 0.602. The molecule has 2 aromatic carbocycles. The van der Waals surface area contributed by atoms with Crippen LogP contribution in [0.4, 0.5) is 5.69 Å². The molecule has 0 unspecified atom stereocenters. The summed E-state index contributed by atoms with van der Waals surface area (Å²) < 4.78 is 7.49. The number of benzene rings is 2. The lowest BCUT2D eigenvalue weighted by Crippen LogP contribution is -2.29. The highest BCUT2D eigenvalue weighted by molar-refractivity contribution is 5.45. The summed E-state index contributed by atoms with van der Waals surface area (Å²) in [6.45, 7) is 2.28. The Morgan fingerprint density at radius 2 is 1.93 bits per heavy atom. The van der Waals surface area contributed by atoms with Crippen molar-refractivity contribution in [2.75, 3.05) is 13.7 Å². The highest BCUT2D eigenvalue weighted by atomic mass is 16.6. The summed E-state index contributed by atoms with van der Waals surface area (Å²) in [6, 6.07) is 16.3. The van der Waals surface area contributed by atoms with Gasteiger partial charge in [-0.1, -0.05) is 24.3 Å². The number of fused-ring (bicyclic) bond motifs is 1. The maximum atomic E-state index is 11.1. The van der Waals surface area contributed by atoms with Gasteiger partial charge in [0.2, 0.25) is 0 Å². The normalized spacial score (nSPS) is 16.8. The molecule has 0 spiro atoms. The number of nitrogens with zero attached hydrogens (tertiary/aromatic N) is 3. The molecule has 0 amide bonds. The fourth-order valence-electron chi connectivity index (χ4n) is 4.05. The number of rotatable bonds is 5. The summed E-state index contributed by atoms with van der Waals surface area (Å²) >= 11 is 0. The monoisotopic (exact) mass is 393 g/mol. The molecule has 0 fully saturated rings. The second-order valence-electron chi connectivity index (χ2n) is 7.17. The molecule has 1 aliphatic heterocycles. The molecule has 150 valence electrons. The summed E-state index contributed by atoms with van der Waals surface area (Å²) in [6.07, 6.45) is 3.04. The summed E-state index contributed by atoms with van der Waals surface area (Å²) in [4.78, 5) is 13.0. The average Bonchev–Trinajstić information content (AvgIpc) is 3.11. The minimum atomic E-state index is -0.383. The molecular weight excluding hydrogens is 370 g/mol. The molecule has 3 aromatic rings. The van der Waals surface area contributed by atoms with Gasteiger partial charge in [0, 0.05) is 49.2 Å². The van der Waals surface area contributed by atoms with E-state index in [0.29, 0.717) is 12.3 Å². The third-order valence-corrected chi connectivity index (χ3v) is 5.45. The van der Waals surface area contributed by atoms with E-state index in [1.54, 1.807) is 18.2 Å². The van der Waals surface area contributed by atoms with Crippen LogP contribution in [0.15, 0.2) is 60.8 Å². The minimum Gasteiger partial charge on any atom is -0.504 e. The van der Waals surface area contributed by atoms with Crippen LogP contribution in [0.5, 0.6) is 11.5 Å². The van der Waals surface area contributed by atoms with Crippen molar-refractivity contribution in [1.82, 2.24) is 9.47 Å². The van der Waals surface area contributed by atoms with Crippen LogP contribution < -0.4 is 4.74 Å². The molecule has 7 heteroatoms. The second kappa shape index (κ2) is 7.97. The summed E-state index contributed by atoms with van der Waals surface area (Å²) in [5.41, 5.74) is 2.99. The van der Waals surface area contributed by atoms with Gasteiger partial charge in [0.25, 0.3) is 5.69 Å². The number of aromatic nitrogens is 1. The Kier molecular flexibility index (Phi) is 5.22. The van der Waals surface area contributed by atoms with E-state index < -0.39 is 0 Å². The molecule has 0 bridgehead atoms. The number of ether oxygens (including phenoxy) is 1. The number of hydrogen-bond acceptors (Lipinski definition) is 5. The number of para-hydroxylation sites is 1. The maximum Gasteiger partial charge on any atom is 0.269 e. The average molecular weight is 393 g/mol. The van der Waals surface area contributed by atoms with Crippen molar-refractivity contribution in [1.29, 1.82) is 0 Å². The van der Waals surface area contributed by atoms with Gasteiger partial charge in [0.15, 0.2) is 11.5 Å². The molecular formula is C22H23N3O4. The van der Waals surface area contributed by atoms with Crippen LogP contribution in [0.2, 0.25) is 0 Å². The van der Waals surface area contributed by atoms with Gasteiger partial charge in [-0.2, -0.15) is 0 Å². The highest BCUT2D eigenvalue weighted by Gasteiger charge is 2.28. The number of phenols is 1. The molecule has 7 nitrogen and oxygen atoms in total. The topological polar surface area (TPSA) is 80.8 Å². The van der Waals surface area contributed by atoms with Gasteiger partial charge in [0.05, 0.1) is 18.1 Å². The lowest BCUT2D eigenvalue weighted by atomic mass is 10.0. The van der Waals surface area contributed by atoms with Crippen LogP contribution in [0.1, 0.15) is 29.3 Å². The largest absolute Gasteiger partial charge is 0.504 e. The Morgan fingerprint density at radius 3 is 2.66 bits per heavy atom. The number of nitro groups is 1. The van der Waals surface area contributed by atoms with Crippen LogP contribution >= 0.6 is 0 Å². The van der Waals surface area contributed by atoms with Gasteiger partial charge in [-0.05, 0) is 30.2 Å². The van der Waals surface area contributed by atoms with Gasteiger partial charge >= 0.3 is 0 Å². The molecule has 0 aliphatic carbocycles. The lowest BCUT2D eigenvalue weighted by molar-refractivity contribution is -0.384. The van der Waals surface area contributed by atoms with Gasteiger partial charge in [-0.25, -0.2) is 0 Å². The summed E-state index contributed by atoms with van der Waals surface area (Å²) in [5, 5.41) is 21.6. The number of hydrogen-bond donors (Lipinski definition) is 1. The lowest BCUT2D eigenvalue weighted by Gasteiger charge is -2.31. The molecule has 0 saturated carbocycles. The van der Waals surface area contributed by atoms with Crippen molar-refractivity contribution in [3.05, 3.63) is 87.7 Å². The van der Waals surface area contributed by atoms with Crippen molar-refractivity contribution in [3.63, 3.8) is 0 Å². The van der Waals surface area contributed by atoms with E-state index in [1.807, 2.05) is 30.3 Å². The third-order valence-electron chi connectivity index (χ3n) is 5.45. The van der Waals surface area contributed by atoms with Gasteiger partial charge < -0.3 is 14.4 Å². The molecule has 29 heavy (non-hydrogen) atoms. The third kappa shape index (κ3) is 3.69. The van der Waals surface area contributed by atoms with Gasteiger partial charge in [0.1, 0.15) is 0 Å². The fraction of sp³-hybridized carbons (Fsp3) is 0.273. The number of phenolic OH excluding ortho intramolecular Hbond substituents is 1. The van der Waals surface area contributed by atoms with Crippen LogP contribution in [0, 0.1) is 10.1 Å².